The van der Waals surface area contributed by atoms with E-state index >= 15 is 0 Å². The molecule has 0 aliphatic rings. The van der Waals surface area contributed by atoms with Gasteiger partial charge in [0.15, 0.2) is 0 Å². The monoisotopic (exact) mass is 407 g/mol. The number of likely N-dealkylation sites (N-methyl/N-ethyl adjacent to an activating group) is 1. The molecule has 7 heteroatoms. The second-order valence-corrected chi connectivity index (χ2v) is 6.47. The average molecular weight is 408 g/mol. The summed E-state index contributed by atoms with van der Waals surface area (Å²) in [4.78, 5) is 26.0. The van der Waals surface area contributed by atoms with E-state index < -0.39 is 6.04 Å². The summed E-state index contributed by atoms with van der Waals surface area (Å²) in [7, 11) is 1.69. The van der Waals surface area contributed by atoms with Crippen LogP contribution in [0.25, 0.3) is 0 Å². The molecule has 5 nitrogen and oxygen atoms in total. The number of rotatable bonds is 6. The van der Waals surface area contributed by atoms with E-state index in [1.807, 2.05) is 18.2 Å². The maximum absolute atomic E-state index is 12.9. The molecule has 0 unspecified atom stereocenters. The summed E-state index contributed by atoms with van der Waals surface area (Å²) in [5, 5.41) is 5.49. The number of halogens is 2. The molecule has 0 heterocycles. The van der Waals surface area contributed by atoms with Crippen LogP contribution in [0.3, 0.4) is 0 Å². The molecule has 1 atom stereocenters. The van der Waals surface area contributed by atoms with Crippen LogP contribution >= 0.6 is 15.9 Å². The third kappa shape index (κ3) is 5.65. The Labute approximate surface area is 154 Å². The Kier molecular flexibility index (Phi) is 6.66. The Morgan fingerprint density at radius 2 is 1.76 bits per heavy atom. The van der Waals surface area contributed by atoms with E-state index in [1.165, 1.54) is 24.3 Å². The highest BCUT2D eigenvalue weighted by Gasteiger charge is 2.20. The normalized spacial score (nSPS) is 11.9. The van der Waals surface area contributed by atoms with Crippen LogP contribution in [0.2, 0.25) is 0 Å². The van der Waals surface area contributed by atoms with Crippen molar-refractivity contribution in [1.82, 2.24) is 4.90 Å². The van der Waals surface area contributed by atoms with Crippen LogP contribution in [0.4, 0.5) is 15.8 Å². The van der Waals surface area contributed by atoms with Crippen molar-refractivity contribution in [3.8, 4) is 0 Å². The fraction of sp³-hybridized carbons (Fsp3) is 0.222. The molecule has 0 radical (unpaired) electrons. The van der Waals surface area contributed by atoms with Crippen molar-refractivity contribution in [3.63, 3.8) is 0 Å². The predicted molar refractivity (Wildman–Crippen MR) is 99.9 cm³/mol. The fourth-order valence-corrected chi connectivity index (χ4v) is 2.48. The van der Waals surface area contributed by atoms with Crippen molar-refractivity contribution >= 4 is 39.1 Å². The smallest absolute Gasteiger partial charge is 0.241 e. The number of amides is 2. The van der Waals surface area contributed by atoms with Crippen molar-refractivity contribution in [2.24, 2.45) is 0 Å². The van der Waals surface area contributed by atoms with Gasteiger partial charge in [-0.3, -0.25) is 14.5 Å². The highest BCUT2D eigenvalue weighted by Crippen LogP contribution is 2.21. The summed E-state index contributed by atoms with van der Waals surface area (Å²) in [6.45, 7) is 1.75. The van der Waals surface area contributed by atoms with Gasteiger partial charge in [-0.2, -0.15) is 0 Å². The van der Waals surface area contributed by atoms with E-state index in [0.717, 1.165) is 4.47 Å². The number of carbonyl (C=O) groups is 2. The first kappa shape index (κ1) is 19.1. The molecule has 2 amide bonds. The predicted octanol–water partition coefficient (Wildman–Crippen LogP) is 3.49. The van der Waals surface area contributed by atoms with Crippen LogP contribution in [-0.2, 0) is 9.59 Å². The van der Waals surface area contributed by atoms with Crippen molar-refractivity contribution in [1.29, 1.82) is 0 Å². The van der Waals surface area contributed by atoms with Crippen molar-refractivity contribution in [2.45, 2.75) is 13.0 Å². The summed E-state index contributed by atoms with van der Waals surface area (Å²) in [5.74, 6) is -0.870. The number of nitrogens with zero attached hydrogens (tertiary/aromatic N) is 1. The molecule has 0 spiro atoms. The molecule has 0 aliphatic carbocycles. The largest absolute Gasteiger partial charge is 0.325 e. The van der Waals surface area contributed by atoms with Gasteiger partial charge in [0.05, 0.1) is 18.3 Å². The van der Waals surface area contributed by atoms with Crippen LogP contribution in [-0.4, -0.2) is 36.3 Å². The molecule has 0 saturated heterocycles. The fourth-order valence-electron chi connectivity index (χ4n) is 2.10. The molecule has 0 aliphatic heterocycles. The summed E-state index contributed by atoms with van der Waals surface area (Å²) in [6, 6.07) is 12.3. The molecule has 25 heavy (non-hydrogen) atoms. The van der Waals surface area contributed by atoms with Gasteiger partial charge in [0.1, 0.15) is 5.82 Å². The van der Waals surface area contributed by atoms with Crippen molar-refractivity contribution < 1.29 is 14.0 Å². The number of anilines is 2. The molecule has 0 fully saturated rings. The first-order valence-electron chi connectivity index (χ1n) is 7.68. The van der Waals surface area contributed by atoms with Crippen LogP contribution in [0, 0.1) is 5.82 Å². The van der Waals surface area contributed by atoms with Gasteiger partial charge in [0.25, 0.3) is 0 Å². The minimum absolute atomic E-state index is 0.0549. The lowest BCUT2D eigenvalue weighted by Crippen LogP contribution is -2.43. The van der Waals surface area contributed by atoms with E-state index in [1.54, 1.807) is 24.9 Å². The number of hydrogen-bond donors (Lipinski definition) is 2. The van der Waals surface area contributed by atoms with Gasteiger partial charge in [-0.15, -0.1) is 0 Å². The van der Waals surface area contributed by atoms with E-state index in [2.05, 4.69) is 26.6 Å². The Bertz CT molecular complexity index is 752. The second-order valence-electron chi connectivity index (χ2n) is 5.62. The van der Waals surface area contributed by atoms with Crippen LogP contribution in [0.5, 0.6) is 0 Å². The Hall–Kier alpha value is -2.25. The number of nitrogens with one attached hydrogen (secondary N) is 2. The number of hydrogen-bond acceptors (Lipinski definition) is 3. The number of carbonyl (C=O) groups excluding carboxylic acids is 2. The number of benzene rings is 2. The topological polar surface area (TPSA) is 61.4 Å². The zero-order chi connectivity index (χ0) is 18.4. The standard InChI is InChI=1S/C18H19BrFN3O2/c1-12(18(25)21-14-9-7-13(20)8-10-14)23(2)11-17(24)22-16-6-4-3-5-15(16)19/h3-10,12H,11H2,1-2H3,(H,21,25)(H,22,24)/t12-/m1/s1. The van der Waals surface area contributed by atoms with Crippen molar-refractivity contribution in [3.05, 3.63) is 58.8 Å². The zero-order valence-electron chi connectivity index (χ0n) is 13.9. The third-order valence-corrected chi connectivity index (χ3v) is 4.38. The lowest BCUT2D eigenvalue weighted by Gasteiger charge is -2.23. The minimum Gasteiger partial charge on any atom is -0.325 e. The quantitative estimate of drug-likeness (QED) is 0.770. The molecule has 132 valence electrons. The summed E-state index contributed by atoms with van der Waals surface area (Å²) in [5.41, 5.74) is 1.17. The van der Waals surface area contributed by atoms with Gasteiger partial charge < -0.3 is 10.6 Å². The van der Waals surface area contributed by atoms with Crippen LogP contribution in [0.1, 0.15) is 6.92 Å². The molecule has 0 bridgehead atoms. The Morgan fingerprint density at radius 3 is 2.40 bits per heavy atom. The molecule has 2 aromatic carbocycles. The van der Waals surface area contributed by atoms with E-state index in [-0.39, 0.29) is 24.2 Å². The lowest BCUT2D eigenvalue weighted by molar-refractivity contribution is -0.122. The molecule has 2 N–H and O–H groups in total. The molecular formula is C18H19BrFN3O2. The maximum atomic E-state index is 12.9. The van der Waals surface area contributed by atoms with Crippen LogP contribution in [0.15, 0.2) is 53.0 Å². The first-order chi connectivity index (χ1) is 11.9. The first-order valence-corrected chi connectivity index (χ1v) is 8.47. The molecule has 2 aromatic rings. The second kappa shape index (κ2) is 8.73. The summed E-state index contributed by atoms with van der Waals surface area (Å²) in [6.07, 6.45) is 0. The van der Waals surface area contributed by atoms with Gasteiger partial charge in [-0.1, -0.05) is 12.1 Å². The average Bonchev–Trinajstić information content (AvgIpc) is 2.58. The van der Waals surface area contributed by atoms with Gasteiger partial charge >= 0.3 is 0 Å². The zero-order valence-corrected chi connectivity index (χ0v) is 15.5. The van der Waals surface area contributed by atoms with Gasteiger partial charge in [-0.05, 0) is 66.3 Å². The van der Waals surface area contributed by atoms with Crippen LogP contribution < -0.4 is 10.6 Å². The summed E-state index contributed by atoms with van der Waals surface area (Å²) < 4.78 is 13.7. The minimum atomic E-state index is -0.532. The van der Waals surface area contributed by atoms with Gasteiger partial charge in [-0.25, -0.2) is 4.39 Å². The molecule has 2 rings (SSSR count). The molecule has 0 saturated carbocycles. The van der Waals surface area contributed by atoms with Gasteiger partial charge in [0, 0.05) is 10.2 Å². The highest BCUT2D eigenvalue weighted by molar-refractivity contribution is 9.10. The Balaban J connectivity index is 1.89. The lowest BCUT2D eigenvalue weighted by atomic mass is 10.2. The van der Waals surface area contributed by atoms with Gasteiger partial charge in [0.2, 0.25) is 11.8 Å². The highest BCUT2D eigenvalue weighted by atomic mass is 79.9. The van der Waals surface area contributed by atoms with E-state index in [9.17, 15) is 14.0 Å². The third-order valence-electron chi connectivity index (χ3n) is 3.69. The SMILES string of the molecule is C[C@H](C(=O)Nc1ccc(F)cc1)N(C)CC(=O)Nc1ccccc1Br. The number of para-hydroxylation sites is 1. The van der Waals surface area contributed by atoms with Crippen molar-refractivity contribution in [2.75, 3.05) is 24.2 Å². The van der Waals surface area contributed by atoms with E-state index in [4.69, 9.17) is 0 Å². The van der Waals surface area contributed by atoms with E-state index in [0.29, 0.717) is 11.4 Å². The summed E-state index contributed by atoms with van der Waals surface area (Å²) >= 11 is 3.37. The Morgan fingerprint density at radius 1 is 1.12 bits per heavy atom. The maximum Gasteiger partial charge on any atom is 0.241 e. The molecular weight excluding hydrogens is 389 g/mol. The molecule has 0 aromatic heterocycles.